The topological polar surface area (TPSA) is 51.8 Å². The zero-order valence-electron chi connectivity index (χ0n) is 10.7. The summed E-state index contributed by atoms with van der Waals surface area (Å²) in [6, 6.07) is 11.3. The second kappa shape index (κ2) is 5.38. The Labute approximate surface area is 120 Å². The van der Waals surface area contributed by atoms with Crippen LogP contribution in [0.25, 0.3) is 6.08 Å². The third-order valence-corrected chi connectivity index (χ3v) is 3.52. The van der Waals surface area contributed by atoms with Gasteiger partial charge in [-0.25, -0.2) is 9.79 Å². The molecule has 3 rings (SSSR count). The third-order valence-electron chi connectivity index (χ3n) is 2.77. The van der Waals surface area contributed by atoms with Gasteiger partial charge >= 0.3 is 5.97 Å². The molecule has 0 unspecified atom stereocenters. The minimum atomic E-state index is -0.467. The molecular weight excluding hydrogens is 274 g/mol. The predicted octanol–water partition coefficient (Wildman–Crippen LogP) is 3.35. The number of aliphatic imine (C=N–C) groups is 1. The van der Waals surface area contributed by atoms with Gasteiger partial charge in [0.2, 0.25) is 0 Å². The van der Waals surface area contributed by atoms with Crippen molar-refractivity contribution < 1.29 is 13.9 Å². The van der Waals surface area contributed by atoms with Crippen LogP contribution in [0.4, 0.5) is 0 Å². The zero-order chi connectivity index (χ0) is 13.9. The highest BCUT2D eigenvalue weighted by molar-refractivity contribution is 7.98. The van der Waals surface area contributed by atoms with Gasteiger partial charge in [-0.1, -0.05) is 12.1 Å². The molecule has 4 nitrogen and oxygen atoms in total. The maximum Gasteiger partial charge on any atom is 0.363 e. The standard InChI is InChI=1S/C15H11NO3S/c1-20-11-6-4-10(5-7-11)9-12-15(17)19-14(16-12)13-3-2-8-18-13/h2-9H,1H3. The maximum absolute atomic E-state index is 11.8. The summed E-state index contributed by atoms with van der Waals surface area (Å²) in [5, 5.41) is 0. The Balaban J connectivity index is 1.88. The molecule has 0 N–H and O–H groups in total. The number of rotatable bonds is 3. The lowest BCUT2D eigenvalue weighted by molar-refractivity contribution is -0.130. The van der Waals surface area contributed by atoms with E-state index in [0.29, 0.717) is 5.76 Å². The highest BCUT2D eigenvalue weighted by Gasteiger charge is 2.25. The fourth-order valence-electron chi connectivity index (χ4n) is 1.77. The number of hydrogen-bond donors (Lipinski definition) is 0. The van der Waals surface area contributed by atoms with Crippen LogP contribution < -0.4 is 0 Å². The van der Waals surface area contributed by atoms with E-state index in [1.54, 1.807) is 30.0 Å². The first-order valence-corrected chi connectivity index (χ1v) is 7.19. The smallest absolute Gasteiger partial charge is 0.363 e. The van der Waals surface area contributed by atoms with Gasteiger partial charge in [0.25, 0.3) is 5.90 Å². The van der Waals surface area contributed by atoms with Crippen LogP contribution in [0.1, 0.15) is 11.3 Å². The predicted molar refractivity (Wildman–Crippen MR) is 77.5 cm³/mol. The van der Waals surface area contributed by atoms with Crippen LogP contribution in [-0.2, 0) is 9.53 Å². The number of carbonyl (C=O) groups excluding carboxylic acids is 1. The van der Waals surface area contributed by atoms with Gasteiger partial charge in [-0.3, -0.25) is 0 Å². The summed E-state index contributed by atoms with van der Waals surface area (Å²) in [4.78, 5) is 17.1. The number of benzene rings is 1. The maximum atomic E-state index is 11.8. The van der Waals surface area contributed by atoms with Crippen molar-refractivity contribution in [1.82, 2.24) is 0 Å². The van der Waals surface area contributed by atoms with Crippen LogP contribution in [0.2, 0.25) is 0 Å². The van der Waals surface area contributed by atoms with Crippen LogP contribution in [0.5, 0.6) is 0 Å². The monoisotopic (exact) mass is 285 g/mol. The molecule has 0 fully saturated rings. The first-order chi connectivity index (χ1) is 9.76. The number of carbonyl (C=O) groups is 1. The fraction of sp³-hybridized carbons (Fsp3) is 0.0667. The number of furan rings is 1. The van der Waals surface area contributed by atoms with Crippen molar-refractivity contribution in [2.75, 3.05) is 6.26 Å². The van der Waals surface area contributed by atoms with Gasteiger partial charge in [0.1, 0.15) is 0 Å². The molecule has 20 heavy (non-hydrogen) atoms. The molecule has 0 amide bonds. The van der Waals surface area contributed by atoms with Crippen LogP contribution >= 0.6 is 11.8 Å². The van der Waals surface area contributed by atoms with Crippen molar-refractivity contribution in [2.24, 2.45) is 4.99 Å². The van der Waals surface area contributed by atoms with Crippen molar-refractivity contribution in [3.63, 3.8) is 0 Å². The second-order valence-electron chi connectivity index (χ2n) is 4.09. The molecule has 0 spiro atoms. The minimum absolute atomic E-state index is 0.201. The molecule has 0 radical (unpaired) electrons. The molecule has 100 valence electrons. The average molecular weight is 285 g/mol. The van der Waals surface area contributed by atoms with Gasteiger partial charge in [-0.2, -0.15) is 0 Å². The van der Waals surface area contributed by atoms with E-state index >= 15 is 0 Å². The lowest BCUT2D eigenvalue weighted by Gasteiger charge is -1.97. The molecule has 0 aliphatic carbocycles. The lowest BCUT2D eigenvalue weighted by Crippen LogP contribution is -2.04. The lowest BCUT2D eigenvalue weighted by atomic mass is 10.2. The van der Waals surface area contributed by atoms with Crippen molar-refractivity contribution in [1.29, 1.82) is 0 Å². The SMILES string of the molecule is CSc1ccc(C=C2N=C(c3ccco3)OC2=O)cc1. The van der Waals surface area contributed by atoms with Gasteiger partial charge in [-0.15, -0.1) is 11.8 Å². The Hall–Kier alpha value is -2.27. The Bertz CT molecular complexity index is 684. The Kier molecular flexibility index (Phi) is 3.43. The van der Waals surface area contributed by atoms with Crippen molar-refractivity contribution in [3.05, 3.63) is 59.7 Å². The molecule has 0 saturated heterocycles. The molecule has 1 aromatic carbocycles. The van der Waals surface area contributed by atoms with Crippen molar-refractivity contribution >= 4 is 29.7 Å². The largest absolute Gasteiger partial charge is 0.459 e. The van der Waals surface area contributed by atoms with E-state index in [1.807, 2.05) is 30.5 Å². The average Bonchev–Trinajstić information content (AvgIpc) is 3.10. The van der Waals surface area contributed by atoms with Crippen LogP contribution in [0, 0.1) is 0 Å². The summed E-state index contributed by atoms with van der Waals surface area (Å²) < 4.78 is 10.2. The Morgan fingerprint density at radius 2 is 2.00 bits per heavy atom. The van der Waals surface area contributed by atoms with Crippen molar-refractivity contribution in [3.8, 4) is 0 Å². The molecule has 1 aromatic heterocycles. The molecule has 1 aliphatic heterocycles. The van der Waals surface area contributed by atoms with E-state index in [0.717, 1.165) is 5.56 Å². The summed E-state index contributed by atoms with van der Waals surface area (Å²) in [7, 11) is 0. The van der Waals surface area contributed by atoms with E-state index in [2.05, 4.69) is 4.99 Å². The summed E-state index contributed by atoms with van der Waals surface area (Å²) >= 11 is 1.67. The molecule has 0 saturated carbocycles. The van der Waals surface area contributed by atoms with E-state index in [9.17, 15) is 4.79 Å². The summed E-state index contributed by atoms with van der Waals surface area (Å²) in [6.45, 7) is 0. The van der Waals surface area contributed by atoms with Crippen LogP contribution in [0.15, 0.2) is 62.7 Å². The number of hydrogen-bond acceptors (Lipinski definition) is 5. The summed E-state index contributed by atoms with van der Waals surface area (Å²) in [5.74, 6) is 0.178. The normalized spacial score (nSPS) is 16.4. The summed E-state index contributed by atoms with van der Waals surface area (Å²) in [5.41, 5.74) is 1.17. The van der Waals surface area contributed by atoms with Gasteiger partial charge in [-0.05, 0) is 42.2 Å². The number of thioether (sulfide) groups is 1. The minimum Gasteiger partial charge on any atom is -0.459 e. The van der Waals surface area contributed by atoms with E-state index in [1.165, 1.54) is 11.2 Å². The zero-order valence-corrected chi connectivity index (χ0v) is 11.5. The molecule has 1 aliphatic rings. The van der Waals surface area contributed by atoms with E-state index in [4.69, 9.17) is 9.15 Å². The Morgan fingerprint density at radius 3 is 2.65 bits per heavy atom. The third kappa shape index (κ3) is 2.53. The van der Waals surface area contributed by atoms with Gasteiger partial charge in [0, 0.05) is 4.90 Å². The van der Waals surface area contributed by atoms with Crippen molar-refractivity contribution in [2.45, 2.75) is 4.90 Å². The fourth-order valence-corrected chi connectivity index (χ4v) is 2.18. The van der Waals surface area contributed by atoms with E-state index in [-0.39, 0.29) is 11.6 Å². The van der Waals surface area contributed by atoms with Gasteiger partial charge < -0.3 is 9.15 Å². The molecule has 2 aromatic rings. The molecule has 5 heteroatoms. The number of esters is 1. The summed E-state index contributed by atoms with van der Waals surface area (Å²) in [6.07, 6.45) is 5.22. The first kappa shape index (κ1) is 12.7. The molecule has 2 heterocycles. The molecule has 0 atom stereocenters. The van der Waals surface area contributed by atoms with Crippen LogP contribution in [0.3, 0.4) is 0 Å². The van der Waals surface area contributed by atoms with Gasteiger partial charge in [0.05, 0.1) is 6.26 Å². The van der Waals surface area contributed by atoms with Crippen LogP contribution in [-0.4, -0.2) is 18.1 Å². The number of ether oxygens (including phenoxy) is 1. The highest BCUT2D eigenvalue weighted by Crippen LogP contribution is 2.21. The molecule has 0 bridgehead atoms. The second-order valence-corrected chi connectivity index (χ2v) is 4.97. The number of nitrogens with zero attached hydrogens (tertiary/aromatic N) is 1. The molecular formula is C15H11NO3S. The number of cyclic esters (lactones) is 1. The first-order valence-electron chi connectivity index (χ1n) is 5.97. The van der Waals surface area contributed by atoms with Gasteiger partial charge in [0.15, 0.2) is 11.5 Å². The Morgan fingerprint density at radius 1 is 1.20 bits per heavy atom. The quantitative estimate of drug-likeness (QED) is 0.493. The van der Waals surface area contributed by atoms with E-state index < -0.39 is 5.97 Å². The highest BCUT2D eigenvalue weighted by atomic mass is 32.2.